The molecule has 0 atom stereocenters. The zero-order valence-electron chi connectivity index (χ0n) is 7.66. The molecule has 3 nitrogen and oxygen atoms in total. The van der Waals surface area contributed by atoms with E-state index < -0.39 is 0 Å². The van der Waals surface area contributed by atoms with Crippen molar-refractivity contribution in [2.24, 2.45) is 0 Å². The average molecular weight is 179 g/mol. The van der Waals surface area contributed by atoms with E-state index in [2.05, 4.69) is 4.98 Å². The van der Waals surface area contributed by atoms with Crippen LogP contribution >= 0.6 is 0 Å². The maximum Gasteiger partial charge on any atom is 0.122 e. The molecule has 0 spiro atoms. The van der Waals surface area contributed by atoms with Crippen molar-refractivity contribution in [3.8, 4) is 5.75 Å². The Labute approximate surface area is 77.4 Å². The van der Waals surface area contributed by atoms with Crippen molar-refractivity contribution < 1.29 is 9.84 Å². The maximum atomic E-state index is 9.19. The summed E-state index contributed by atoms with van der Waals surface area (Å²) in [5, 5.41) is 9.19. The van der Waals surface area contributed by atoms with Gasteiger partial charge in [0.25, 0.3) is 0 Å². The molecule has 1 aromatic rings. The number of aliphatic hydroxyl groups is 1. The van der Waals surface area contributed by atoms with E-state index in [-0.39, 0.29) is 12.0 Å². The minimum absolute atomic E-state index is 0.0610. The van der Waals surface area contributed by atoms with E-state index in [1.807, 2.05) is 12.1 Å². The topological polar surface area (TPSA) is 42.4 Å². The molecule has 0 saturated heterocycles. The van der Waals surface area contributed by atoms with E-state index in [0.29, 0.717) is 0 Å². The summed E-state index contributed by atoms with van der Waals surface area (Å²) >= 11 is 0. The molecule has 1 N–H and O–H groups in total. The number of pyridine rings is 1. The second-order valence-electron chi connectivity index (χ2n) is 3.52. The van der Waals surface area contributed by atoms with E-state index in [4.69, 9.17) is 4.74 Å². The van der Waals surface area contributed by atoms with Gasteiger partial charge < -0.3 is 9.84 Å². The van der Waals surface area contributed by atoms with Crippen LogP contribution in [0.5, 0.6) is 5.75 Å². The third kappa shape index (κ3) is 1.40. The third-order valence-corrected chi connectivity index (χ3v) is 2.67. The van der Waals surface area contributed by atoms with Crippen molar-refractivity contribution in [3.63, 3.8) is 0 Å². The molecule has 70 valence electrons. The molecule has 0 amide bonds. The lowest BCUT2D eigenvalue weighted by atomic mass is 10.0. The highest BCUT2D eigenvalue weighted by molar-refractivity contribution is 5.31. The Morgan fingerprint density at radius 3 is 2.92 bits per heavy atom. The van der Waals surface area contributed by atoms with Crippen molar-refractivity contribution in [2.75, 3.05) is 13.7 Å². The summed E-state index contributed by atoms with van der Waals surface area (Å²) in [6.45, 7) is 0.188. The highest BCUT2D eigenvalue weighted by atomic mass is 16.5. The van der Waals surface area contributed by atoms with Crippen LogP contribution in [0.4, 0.5) is 0 Å². The fourth-order valence-electron chi connectivity index (χ4n) is 1.47. The second-order valence-corrected chi connectivity index (χ2v) is 3.52. The minimum atomic E-state index is -0.0610. The van der Waals surface area contributed by atoms with Crippen LogP contribution in [0.25, 0.3) is 0 Å². The van der Waals surface area contributed by atoms with Crippen molar-refractivity contribution >= 4 is 0 Å². The number of rotatable bonds is 3. The number of aromatic nitrogens is 1. The van der Waals surface area contributed by atoms with Crippen molar-refractivity contribution in [2.45, 2.75) is 18.3 Å². The highest BCUT2D eigenvalue weighted by Crippen LogP contribution is 2.47. The lowest BCUT2D eigenvalue weighted by molar-refractivity contribution is 0.252. The first kappa shape index (κ1) is 8.51. The van der Waals surface area contributed by atoms with Gasteiger partial charge in [0.2, 0.25) is 0 Å². The summed E-state index contributed by atoms with van der Waals surface area (Å²) in [4.78, 5) is 4.25. The predicted molar refractivity (Wildman–Crippen MR) is 48.8 cm³/mol. The molecule has 1 heterocycles. The molecule has 3 heteroatoms. The molecule has 0 aromatic carbocycles. The van der Waals surface area contributed by atoms with Crippen molar-refractivity contribution in [3.05, 3.63) is 24.0 Å². The number of aliphatic hydroxyl groups excluding tert-OH is 1. The van der Waals surface area contributed by atoms with Crippen LogP contribution in [0, 0.1) is 0 Å². The lowest BCUT2D eigenvalue weighted by Gasteiger charge is -2.11. The molecular formula is C10H13NO2. The molecule has 0 unspecified atom stereocenters. The Morgan fingerprint density at radius 2 is 2.38 bits per heavy atom. The molecule has 1 saturated carbocycles. The summed E-state index contributed by atoms with van der Waals surface area (Å²) in [7, 11) is 1.64. The van der Waals surface area contributed by atoms with Gasteiger partial charge in [-0.15, -0.1) is 0 Å². The number of hydrogen-bond donors (Lipinski definition) is 1. The van der Waals surface area contributed by atoms with Crippen molar-refractivity contribution in [1.29, 1.82) is 0 Å². The van der Waals surface area contributed by atoms with E-state index in [0.717, 1.165) is 24.3 Å². The Kier molecular flexibility index (Phi) is 1.96. The molecule has 0 bridgehead atoms. The number of nitrogens with zero attached hydrogens (tertiary/aromatic N) is 1. The van der Waals surface area contributed by atoms with Crippen LogP contribution in [-0.4, -0.2) is 23.8 Å². The summed E-state index contributed by atoms with van der Waals surface area (Å²) in [6, 6.07) is 3.72. The van der Waals surface area contributed by atoms with E-state index in [1.54, 1.807) is 13.3 Å². The fraction of sp³-hybridized carbons (Fsp3) is 0.500. The second kappa shape index (κ2) is 3.00. The SMILES string of the molecule is COc1ccnc(C2(CO)CC2)c1. The molecule has 1 fully saturated rings. The lowest BCUT2D eigenvalue weighted by Crippen LogP contribution is -2.13. The fourth-order valence-corrected chi connectivity index (χ4v) is 1.47. The molecule has 1 aromatic heterocycles. The van der Waals surface area contributed by atoms with Gasteiger partial charge in [0, 0.05) is 17.7 Å². The molecular weight excluding hydrogens is 166 g/mol. The van der Waals surface area contributed by atoms with E-state index in [1.165, 1.54) is 0 Å². The van der Waals surface area contributed by atoms with Crippen LogP contribution in [0.1, 0.15) is 18.5 Å². The average Bonchev–Trinajstić information content (AvgIpc) is 2.99. The normalized spacial score (nSPS) is 18.3. The Balaban J connectivity index is 2.30. The van der Waals surface area contributed by atoms with Crippen LogP contribution < -0.4 is 4.74 Å². The zero-order valence-corrected chi connectivity index (χ0v) is 7.66. The Bertz CT molecular complexity index is 308. The molecule has 1 aliphatic carbocycles. The van der Waals surface area contributed by atoms with Gasteiger partial charge >= 0.3 is 0 Å². The van der Waals surface area contributed by atoms with Crippen LogP contribution in [0.2, 0.25) is 0 Å². The van der Waals surface area contributed by atoms with Gasteiger partial charge in [0.1, 0.15) is 5.75 Å². The maximum absolute atomic E-state index is 9.19. The first-order valence-corrected chi connectivity index (χ1v) is 4.42. The smallest absolute Gasteiger partial charge is 0.122 e. The van der Waals surface area contributed by atoms with Gasteiger partial charge in [-0.05, 0) is 18.9 Å². The van der Waals surface area contributed by atoms with Gasteiger partial charge in [-0.25, -0.2) is 0 Å². The van der Waals surface area contributed by atoms with E-state index in [9.17, 15) is 5.11 Å². The van der Waals surface area contributed by atoms with Crippen LogP contribution in [0.3, 0.4) is 0 Å². The number of methoxy groups -OCH3 is 1. The Hall–Kier alpha value is -1.09. The summed E-state index contributed by atoms with van der Waals surface area (Å²) in [6.07, 6.45) is 3.79. The molecule has 0 aliphatic heterocycles. The third-order valence-electron chi connectivity index (χ3n) is 2.67. The zero-order chi connectivity index (χ0) is 9.31. The molecule has 0 radical (unpaired) electrons. The van der Waals surface area contributed by atoms with Gasteiger partial charge in [-0.3, -0.25) is 4.98 Å². The quantitative estimate of drug-likeness (QED) is 0.755. The van der Waals surface area contributed by atoms with Gasteiger partial charge in [0.05, 0.1) is 19.4 Å². The first-order chi connectivity index (χ1) is 6.30. The predicted octanol–water partition coefficient (Wildman–Crippen LogP) is 1.11. The van der Waals surface area contributed by atoms with Gasteiger partial charge in [0.15, 0.2) is 0 Å². The van der Waals surface area contributed by atoms with Gasteiger partial charge in [-0.1, -0.05) is 0 Å². The highest BCUT2D eigenvalue weighted by Gasteiger charge is 2.45. The van der Waals surface area contributed by atoms with Gasteiger partial charge in [-0.2, -0.15) is 0 Å². The minimum Gasteiger partial charge on any atom is -0.497 e. The van der Waals surface area contributed by atoms with Crippen molar-refractivity contribution in [1.82, 2.24) is 4.98 Å². The number of hydrogen-bond acceptors (Lipinski definition) is 3. The summed E-state index contributed by atoms with van der Waals surface area (Å²) in [5.74, 6) is 0.810. The first-order valence-electron chi connectivity index (χ1n) is 4.42. The molecule has 13 heavy (non-hydrogen) atoms. The van der Waals surface area contributed by atoms with E-state index >= 15 is 0 Å². The Morgan fingerprint density at radius 1 is 1.62 bits per heavy atom. The molecule has 2 rings (SSSR count). The molecule has 1 aliphatic rings. The summed E-state index contributed by atoms with van der Waals surface area (Å²) in [5.41, 5.74) is 0.892. The standard InChI is InChI=1S/C10H13NO2/c1-13-8-2-5-11-9(6-8)10(7-12)3-4-10/h2,5-6,12H,3-4,7H2,1H3. The number of ether oxygens (including phenoxy) is 1. The monoisotopic (exact) mass is 179 g/mol. The van der Waals surface area contributed by atoms with Crippen LogP contribution in [0.15, 0.2) is 18.3 Å². The summed E-state index contributed by atoms with van der Waals surface area (Å²) < 4.78 is 5.10. The largest absolute Gasteiger partial charge is 0.497 e. The van der Waals surface area contributed by atoms with Crippen LogP contribution in [-0.2, 0) is 5.41 Å².